The fourth-order valence-electron chi connectivity index (χ4n) is 2.35. The molecule has 18 heavy (non-hydrogen) atoms. The number of aromatic nitrogens is 2. The van der Waals surface area contributed by atoms with Crippen molar-refractivity contribution in [3.63, 3.8) is 0 Å². The summed E-state index contributed by atoms with van der Waals surface area (Å²) in [4.78, 5) is 10.7. The van der Waals surface area contributed by atoms with Gasteiger partial charge in [0.15, 0.2) is 0 Å². The second-order valence-electron chi connectivity index (χ2n) is 4.64. The number of hydrogen-bond donors (Lipinski definition) is 2. The van der Waals surface area contributed by atoms with Crippen molar-refractivity contribution in [1.82, 2.24) is 20.2 Å². The second-order valence-corrected chi connectivity index (χ2v) is 4.64. The first kappa shape index (κ1) is 11.4. The molecular weight excluding hydrogens is 226 g/mol. The fourth-order valence-corrected chi connectivity index (χ4v) is 2.35. The number of rotatable bonds is 2. The summed E-state index contributed by atoms with van der Waals surface area (Å²) < 4.78 is 0. The fraction of sp³-hybridized carbons (Fsp3) is 0.385. The maximum Gasteiger partial charge on any atom is 0.134 e. The number of fused-ring (bicyclic) bond motifs is 1. The van der Waals surface area contributed by atoms with E-state index in [2.05, 4.69) is 32.3 Å². The van der Waals surface area contributed by atoms with Gasteiger partial charge in [0, 0.05) is 38.1 Å². The molecule has 0 atom stereocenters. The number of nitrogen functional groups attached to an aromatic ring is 1. The molecule has 94 valence electrons. The highest BCUT2D eigenvalue weighted by Crippen LogP contribution is 2.18. The quantitative estimate of drug-likeness (QED) is 0.809. The van der Waals surface area contributed by atoms with E-state index in [4.69, 9.17) is 5.73 Å². The second kappa shape index (κ2) is 4.88. The van der Waals surface area contributed by atoms with E-state index in [1.807, 2.05) is 6.07 Å². The summed E-state index contributed by atoms with van der Waals surface area (Å²) in [5, 5.41) is 4.29. The first-order valence-electron chi connectivity index (χ1n) is 6.25. The number of benzene rings is 1. The Morgan fingerprint density at radius 1 is 1.22 bits per heavy atom. The third kappa shape index (κ3) is 2.27. The summed E-state index contributed by atoms with van der Waals surface area (Å²) in [6.07, 6.45) is 1.52. The zero-order valence-corrected chi connectivity index (χ0v) is 10.3. The van der Waals surface area contributed by atoms with Crippen molar-refractivity contribution in [2.45, 2.75) is 6.54 Å². The predicted octanol–water partition coefficient (Wildman–Crippen LogP) is 0.617. The van der Waals surface area contributed by atoms with Crippen LogP contribution in [0.4, 0.5) is 5.82 Å². The zero-order chi connectivity index (χ0) is 12.4. The van der Waals surface area contributed by atoms with Gasteiger partial charge >= 0.3 is 0 Å². The van der Waals surface area contributed by atoms with Gasteiger partial charge in [-0.15, -0.1) is 0 Å². The van der Waals surface area contributed by atoms with Crippen LogP contribution < -0.4 is 11.1 Å². The van der Waals surface area contributed by atoms with Gasteiger partial charge in [0.2, 0.25) is 0 Å². The monoisotopic (exact) mass is 243 g/mol. The van der Waals surface area contributed by atoms with E-state index in [0.717, 1.165) is 43.6 Å². The third-order valence-corrected chi connectivity index (χ3v) is 3.35. The van der Waals surface area contributed by atoms with Gasteiger partial charge in [0.25, 0.3) is 0 Å². The molecule has 2 heterocycles. The normalized spacial score (nSPS) is 17.1. The summed E-state index contributed by atoms with van der Waals surface area (Å²) >= 11 is 0. The number of nitrogens with zero attached hydrogens (tertiary/aromatic N) is 3. The van der Waals surface area contributed by atoms with Crippen molar-refractivity contribution in [2.75, 3.05) is 31.9 Å². The highest BCUT2D eigenvalue weighted by Gasteiger charge is 2.10. The van der Waals surface area contributed by atoms with E-state index in [9.17, 15) is 0 Å². The first-order valence-corrected chi connectivity index (χ1v) is 6.25. The molecule has 3 rings (SSSR count). The van der Waals surface area contributed by atoms with Gasteiger partial charge in [0.1, 0.15) is 12.1 Å². The van der Waals surface area contributed by atoms with Crippen LogP contribution in [0.3, 0.4) is 0 Å². The van der Waals surface area contributed by atoms with Crippen molar-refractivity contribution in [1.29, 1.82) is 0 Å². The van der Waals surface area contributed by atoms with E-state index in [1.165, 1.54) is 11.9 Å². The summed E-state index contributed by atoms with van der Waals surface area (Å²) in [6, 6.07) is 6.24. The lowest BCUT2D eigenvalue weighted by Crippen LogP contribution is -2.42. The molecule has 0 unspecified atom stereocenters. The number of piperazine rings is 1. The minimum atomic E-state index is 0.550. The molecule has 3 N–H and O–H groups in total. The molecule has 0 saturated carbocycles. The minimum absolute atomic E-state index is 0.550. The topological polar surface area (TPSA) is 67.1 Å². The Hall–Kier alpha value is -1.72. The molecule has 0 radical (unpaired) electrons. The van der Waals surface area contributed by atoms with Crippen molar-refractivity contribution >= 4 is 16.7 Å². The zero-order valence-electron chi connectivity index (χ0n) is 10.3. The SMILES string of the molecule is Nc1ncnc2cc(CN3CCNCC3)ccc12. The molecule has 0 amide bonds. The van der Waals surface area contributed by atoms with Gasteiger partial charge in [-0.2, -0.15) is 0 Å². The van der Waals surface area contributed by atoms with Crippen LogP contribution >= 0.6 is 0 Å². The van der Waals surface area contributed by atoms with Crippen molar-refractivity contribution in [2.24, 2.45) is 0 Å². The van der Waals surface area contributed by atoms with Gasteiger partial charge in [-0.25, -0.2) is 9.97 Å². The van der Waals surface area contributed by atoms with E-state index in [-0.39, 0.29) is 0 Å². The van der Waals surface area contributed by atoms with Crippen LogP contribution in [0.1, 0.15) is 5.56 Å². The molecule has 1 aromatic heterocycles. The largest absolute Gasteiger partial charge is 0.383 e. The molecule has 0 spiro atoms. The lowest BCUT2D eigenvalue weighted by molar-refractivity contribution is 0.233. The lowest BCUT2D eigenvalue weighted by atomic mass is 10.1. The molecule has 2 aromatic rings. The Labute approximate surface area is 106 Å². The average Bonchev–Trinajstić information content (AvgIpc) is 2.40. The standard InChI is InChI=1S/C13H17N5/c14-13-11-2-1-10(7-12(11)16-9-17-13)8-18-5-3-15-4-6-18/h1-2,7,9,15H,3-6,8H2,(H2,14,16,17). The van der Waals surface area contributed by atoms with Crippen LogP contribution in [0, 0.1) is 0 Å². The molecule has 1 fully saturated rings. The van der Waals surface area contributed by atoms with Crippen LogP contribution in [-0.2, 0) is 6.54 Å². The molecule has 5 heteroatoms. The molecule has 1 saturated heterocycles. The highest BCUT2D eigenvalue weighted by molar-refractivity contribution is 5.87. The molecule has 0 aliphatic carbocycles. The summed E-state index contributed by atoms with van der Waals surface area (Å²) in [5.41, 5.74) is 8.03. The average molecular weight is 243 g/mol. The Bertz CT molecular complexity index is 548. The summed E-state index contributed by atoms with van der Waals surface area (Å²) in [6.45, 7) is 5.32. The molecule has 1 aromatic carbocycles. The Morgan fingerprint density at radius 3 is 2.89 bits per heavy atom. The van der Waals surface area contributed by atoms with Gasteiger partial charge < -0.3 is 11.1 Å². The molecular formula is C13H17N5. The van der Waals surface area contributed by atoms with E-state index < -0.39 is 0 Å². The van der Waals surface area contributed by atoms with Crippen LogP contribution in [0.25, 0.3) is 10.9 Å². The van der Waals surface area contributed by atoms with Crippen molar-refractivity contribution in [3.8, 4) is 0 Å². The molecule has 5 nitrogen and oxygen atoms in total. The summed E-state index contributed by atoms with van der Waals surface area (Å²) in [7, 11) is 0. The predicted molar refractivity (Wildman–Crippen MR) is 72.1 cm³/mol. The number of hydrogen-bond acceptors (Lipinski definition) is 5. The van der Waals surface area contributed by atoms with Gasteiger partial charge in [-0.05, 0) is 17.7 Å². The van der Waals surface area contributed by atoms with E-state index in [1.54, 1.807) is 0 Å². The van der Waals surface area contributed by atoms with Gasteiger partial charge in [-0.1, -0.05) is 6.07 Å². The van der Waals surface area contributed by atoms with Gasteiger partial charge in [0.05, 0.1) is 5.52 Å². The van der Waals surface area contributed by atoms with Crippen molar-refractivity contribution in [3.05, 3.63) is 30.1 Å². The van der Waals surface area contributed by atoms with Crippen LogP contribution in [0.2, 0.25) is 0 Å². The number of nitrogens with two attached hydrogens (primary N) is 1. The molecule has 1 aliphatic heterocycles. The van der Waals surface area contributed by atoms with Crippen LogP contribution in [0.5, 0.6) is 0 Å². The number of anilines is 1. The lowest BCUT2D eigenvalue weighted by Gasteiger charge is -2.27. The van der Waals surface area contributed by atoms with E-state index >= 15 is 0 Å². The van der Waals surface area contributed by atoms with Gasteiger partial charge in [-0.3, -0.25) is 4.90 Å². The Morgan fingerprint density at radius 2 is 2.06 bits per heavy atom. The third-order valence-electron chi connectivity index (χ3n) is 3.35. The molecule has 1 aliphatic rings. The first-order chi connectivity index (χ1) is 8.83. The number of nitrogens with one attached hydrogen (secondary N) is 1. The maximum atomic E-state index is 5.82. The van der Waals surface area contributed by atoms with Crippen LogP contribution in [-0.4, -0.2) is 41.0 Å². The molecule has 0 bridgehead atoms. The smallest absolute Gasteiger partial charge is 0.134 e. The van der Waals surface area contributed by atoms with Crippen molar-refractivity contribution < 1.29 is 0 Å². The maximum absolute atomic E-state index is 5.82. The summed E-state index contributed by atoms with van der Waals surface area (Å²) in [5.74, 6) is 0.550. The Balaban J connectivity index is 1.84. The van der Waals surface area contributed by atoms with Crippen LogP contribution in [0.15, 0.2) is 24.5 Å². The minimum Gasteiger partial charge on any atom is -0.383 e. The Kier molecular flexibility index (Phi) is 3.08. The highest BCUT2D eigenvalue weighted by atomic mass is 15.2. The van der Waals surface area contributed by atoms with E-state index in [0.29, 0.717) is 5.82 Å².